The van der Waals surface area contributed by atoms with Gasteiger partial charge < -0.3 is 14.0 Å². The van der Waals surface area contributed by atoms with E-state index in [2.05, 4.69) is 0 Å². The standard InChI is InChI=1S/C19H23NO4/c1-6-20-14(4)17(13(3)18(20)19(22)23-5)16(21)11-24-15-9-7-8-12(2)10-15/h7-10H,6,11H2,1-5H3. The fraction of sp³-hybridized carbons (Fsp3) is 0.368. The average molecular weight is 329 g/mol. The van der Waals surface area contributed by atoms with Gasteiger partial charge in [-0.1, -0.05) is 12.1 Å². The largest absolute Gasteiger partial charge is 0.485 e. The molecule has 0 radical (unpaired) electrons. The van der Waals surface area contributed by atoms with E-state index in [1.807, 2.05) is 45.0 Å². The summed E-state index contributed by atoms with van der Waals surface area (Å²) < 4.78 is 12.3. The third-order valence-corrected chi connectivity index (χ3v) is 4.10. The molecular weight excluding hydrogens is 306 g/mol. The molecule has 2 rings (SSSR count). The van der Waals surface area contributed by atoms with Crippen LogP contribution in [-0.2, 0) is 11.3 Å². The number of carbonyl (C=O) groups is 2. The number of nitrogens with zero attached hydrogens (tertiary/aromatic N) is 1. The van der Waals surface area contributed by atoms with Crippen LogP contribution in [0.3, 0.4) is 0 Å². The zero-order valence-electron chi connectivity index (χ0n) is 14.8. The molecule has 1 aromatic heterocycles. The molecule has 1 heterocycles. The van der Waals surface area contributed by atoms with Crippen LogP contribution in [0.1, 0.15) is 44.6 Å². The summed E-state index contributed by atoms with van der Waals surface area (Å²) in [6, 6.07) is 7.54. The van der Waals surface area contributed by atoms with Crippen molar-refractivity contribution in [3.8, 4) is 5.75 Å². The molecule has 5 heteroatoms. The van der Waals surface area contributed by atoms with E-state index in [0.717, 1.165) is 11.3 Å². The van der Waals surface area contributed by atoms with E-state index in [1.54, 1.807) is 11.5 Å². The van der Waals surface area contributed by atoms with Crippen molar-refractivity contribution in [2.75, 3.05) is 13.7 Å². The molecule has 0 bridgehead atoms. The first-order valence-corrected chi connectivity index (χ1v) is 7.91. The van der Waals surface area contributed by atoms with Crippen molar-refractivity contribution in [1.82, 2.24) is 4.57 Å². The molecular formula is C19H23NO4. The minimum Gasteiger partial charge on any atom is -0.485 e. The SMILES string of the molecule is CCn1c(C)c(C(=O)COc2cccc(C)c2)c(C)c1C(=O)OC. The summed E-state index contributed by atoms with van der Waals surface area (Å²) >= 11 is 0. The predicted molar refractivity (Wildman–Crippen MR) is 91.9 cm³/mol. The number of benzene rings is 1. The predicted octanol–water partition coefficient (Wildman–Crippen LogP) is 3.48. The second-order valence-corrected chi connectivity index (χ2v) is 5.70. The second kappa shape index (κ2) is 7.34. The molecule has 0 saturated heterocycles. The summed E-state index contributed by atoms with van der Waals surface area (Å²) in [5.41, 5.74) is 3.42. The molecule has 0 amide bonds. The van der Waals surface area contributed by atoms with Crippen molar-refractivity contribution in [2.45, 2.75) is 34.2 Å². The summed E-state index contributed by atoms with van der Waals surface area (Å²) in [6.07, 6.45) is 0. The fourth-order valence-corrected chi connectivity index (χ4v) is 2.99. The highest BCUT2D eigenvalue weighted by molar-refractivity contribution is 6.03. The van der Waals surface area contributed by atoms with Gasteiger partial charge in [-0.05, 0) is 51.0 Å². The van der Waals surface area contributed by atoms with Gasteiger partial charge in [-0.25, -0.2) is 4.79 Å². The maximum absolute atomic E-state index is 12.6. The lowest BCUT2D eigenvalue weighted by atomic mass is 10.1. The Labute approximate surface area is 142 Å². The van der Waals surface area contributed by atoms with Crippen LogP contribution in [0.2, 0.25) is 0 Å². The van der Waals surface area contributed by atoms with E-state index in [9.17, 15) is 9.59 Å². The van der Waals surface area contributed by atoms with Crippen LogP contribution < -0.4 is 4.74 Å². The second-order valence-electron chi connectivity index (χ2n) is 5.70. The molecule has 128 valence electrons. The summed E-state index contributed by atoms with van der Waals surface area (Å²) in [5.74, 6) is 0.0710. The average Bonchev–Trinajstić information content (AvgIpc) is 2.82. The number of ether oxygens (including phenoxy) is 2. The molecule has 0 saturated carbocycles. The first-order chi connectivity index (χ1) is 11.4. The quantitative estimate of drug-likeness (QED) is 0.601. The minimum absolute atomic E-state index is 0.0700. The van der Waals surface area contributed by atoms with Crippen LogP contribution in [-0.4, -0.2) is 30.0 Å². The number of aryl methyl sites for hydroxylation is 1. The van der Waals surface area contributed by atoms with E-state index in [-0.39, 0.29) is 12.4 Å². The molecule has 0 aliphatic rings. The van der Waals surface area contributed by atoms with Crippen LogP contribution in [0.15, 0.2) is 24.3 Å². The van der Waals surface area contributed by atoms with Crippen LogP contribution in [0.4, 0.5) is 0 Å². The summed E-state index contributed by atoms with van der Waals surface area (Å²) in [6.45, 7) is 8.01. The molecule has 2 aromatic rings. The highest BCUT2D eigenvalue weighted by Gasteiger charge is 2.26. The Morgan fingerprint density at radius 3 is 2.46 bits per heavy atom. The zero-order valence-corrected chi connectivity index (χ0v) is 14.8. The summed E-state index contributed by atoms with van der Waals surface area (Å²) in [4.78, 5) is 24.7. The number of rotatable bonds is 6. The van der Waals surface area contributed by atoms with Gasteiger partial charge in [0.2, 0.25) is 5.78 Å². The molecule has 1 aromatic carbocycles. The van der Waals surface area contributed by atoms with E-state index < -0.39 is 5.97 Å². The molecule has 24 heavy (non-hydrogen) atoms. The highest BCUT2D eigenvalue weighted by Crippen LogP contribution is 2.24. The maximum atomic E-state index is 12.6. The Morgan fingerprint density at radius 1 is 1.17 bits per heavy atom. The molecule has 0 atom stereocenters. The lowest BCUT2D eigenvalue weighted by molar-refractivity contribution is 0.0587. The molecule has 0 aliphatic carbocycles. The van der Waals surface area contributed by atoms with E-state index in [4.69, 9.17) is 9.47 Å². The smallest absolute Gasteiger partial charge is 0.354 e. The summed E-state index contributed by atoms with van der Waals surface area (Å²) in [7, 11) is 1.34. The summed E-state index contributed by atoms with van der Waals surface area (Å²) in [5, 5.41) is 0. The topological polar surface area (TPSA) is 57.5 Å². The number of Topliss-reactive ketones (excluding diaryl/α,β-unsaturated/α-hetero) is 1. The third-order valence-electron chi connectivity index (χ3n) is 4.10. The van der Waals surface area contributed by atoms with Crippen LogP contribution in [0.5, 0.6) is 5.75 Å². The van der Waals surface area contributed by atoms with Crippen molar-refractivity contribution in [2.24, 2.45) is 0 Å². The van der Waals surface area contributed by atoms with Crippen molar-refractivity contribution < 1.29 is 19.1 Å². The Hall–Kier alpha value is -2.56. The van der Waals surface area contributed by atoms with Gasteiger partial charge in [0, 0.05) is 17.8 Å². The molecule has 0 unspecified atom stereocenters. The number of carbonyl (C=O) groups excluding carboxylic acids is 2. The van der Waals surface area contributed by atoms with E-state index in [0.29, 0.717) is 29.1 Å². The molecule has 0 N–H and O–H groups in total. The number of esters is 1. The Bertz CT molecular complexity index is 774. The fourth-order valence-electron chi connectivity index (χ4n) is 2.99. The normalized spacial score (nSPS) is 10.5. The minimum atomic E-state index is -0.434. The highest BCUT2D eigenvalue weighted by atomic mass is 16.5. The van der Waals surface area contributed by atoms with Gasteiger partial charge in [0.1, 0.15) is 11.4 Å². The van der Waals surface area contributed by atoms with Gasteiger partial charge >= 0.3 is 5.97 Å². The number of ketones is 1. The van der Waals surface area contributed by atoms with Gasteiger partial charge in [0.15, 0.2) is 6.61 Å². The Kier molecular flexibility index (Phi) is 5.44. The van der Waals surface area contributed by atoms with Crippen LogP contribution >= 0.6 is 0 Å². The van der Waals surface area contributed by atoms with Crippen molar-refractivity contribution in [3.05, 3.63) is 52.3 Å². The lowest BCUT2D eigenvalue weighted by Crippen LogP contribution is -2.13. The molecule has 0 fully saturated rings. The van der Waals surface area contributed by atoms with E-state index >= 15 is 0 Å². The van der Waals surface area contributed by atoms with Gasteiger partial charge in [0.05, 0.1) is 7.11 Å². The lowest BCUT2D eigenvalue weighted by Gasteiger charge is -2.08. The Morgan fingerprint density at radius 2 is 1.88 bits per heavy atom. The molecule has 5 nitrogen and oxygen atoms in total. The van der Waals surface area contributed by atoms with Crippen molar-refractivity contribution in [1.29, 1.82) is 0 Å². The monoisotopic (exact) mass is 329 g/mol. The first kappa shape index (κ1) is 17.8. The third kappa shape index (κ3) is 3.35. The molecule has 0 aliphatic heterocycles. The van der Waals surface area contributed by atoms with Crippen molar-refractivity contribution in [3.63, 3.8) is 0 Å². The van der Waals surface area contributed by atoms with Gasteiger partial charge in [-0.15, -0.1) is 0 Å². The Balaban J connectivity index is 2.29. The number of hydrogen-bond donors (Lipinski definition) is 0. The van der Waals surface area contributed by atoms with Crippen molar-refractivity contribution >= 4 is 11.8 Å². The number of methoxy groups -OCH3 is 1. The van der Waals surface area contributed by atoms with Gasteiger partial charge in [0.25, 0.3) is 0 Å². The van der Waals surface area contributed by atoms with E-state index in [1.165, 1.54) is 7.11 Å². The van der Waals surface area contributed by atoms with Crippen LogP contribution in [0, 0.1) is 20.8 Å². The first-order valence-electron chi connectivity index (χ1n) is 7.91. The van der Waals surface area contributed by atoms with Crippen LogP contribution in [0.25, 0.3) is 0 Å². The molecule has 0 spiro atoms. The number of aromatic nitrogens is 1. The number of hydrogen-bond acceptors (Lipinski definition) is 4. The maximum Gasteiger partial charge on any atom is 0.354 e. The zero-order chi connectivity index (χ0) is 17.9. The van der Waals surface area contributed by atoms with Gasteiger partial charge in [-0.3, -0.25) is 4.79 Å². The van der Waals surface area contributed by atoms with Gasteiger partial charge in [-0.2, -0.15) is 0 Å².